The fraction of sp³-hybridized carbons (Fsp3) is 0.125. The Kier molecular flexibility index (Phi) is 1.90. The number of rotatable bonds is 1. The maximum Gasteiger partial charge on any atom is 0.0997 e. The number of aromatic nitrogens is 1. The number of aliphatic imine (C=N–C) groups is 1. The molecule has 2 nitrogen and oxygen atoms in total. The van der Waals surface area contributed by atoms with Gasteiger partial charge in [0.25, 0.3) is 0 Å². The molecular formula is C8H7N2S. The normalized spacial score (nSPS) is 16.5. The number of hydrogen-bond donors (Lipinski definition) is 0. The number of thioether (sulfide) groups is 1. The highest BCUT2D eigenvalue weighted by Crippen LogP contribution is 2.19. The van der Waals surface area contributed by atoms with Crippen molar-refractivity contribution in [3.05, 3.63) is 36.6 Å². The van der Waals surface area contributed by atoms with E-state index in [0.717, 1.165) is 16.4 Å². The van der Waals surface area contributed by atoms with Crippen molar-refractivity contribution in [3.8, 4) is 0 Å². The number of nitrogens with zero attached hydrogens (tertiary/aromatic N) is 2. The Morgan fingerprint density at radius 1 is 1.45 bits per heavy atom. The molecule has 0 amide bonds. The summed E-state index contributed by atoms with van der Waals surface area (Å²) in [5.41, 5.74) is 1.12. The van der Waals surface area contributed by atoms with E-state index in [-0.39, 0.29) is 0 Å². The van der Waals surface area contributed by atoms with E-state index in [1.165, 1.54) is 0 Å². The van der Waals surface area contributed by atoms with E-state index >= 15 is 0 Å². The first-order valence-electron chi connectivity index (χ1n) is 3.39. The molecule has 0 saturated heterocycles. The smallest absolute Gasteiger partial charge is 0.0997 e. The first-order valence-corrected chi connectivity index (χ1v) is 4.38. The van der Waals surface area contributed by atoms with Crippen LogP contribution in [0, 0.1) is 6.54 Å². The number of hydrogen-bond acceptors (Lipinski definition) is 3. The molecule has 0 fully saturated rings. The van der Waals surface area contributed by atoms with Crippen molar-refractivity contribution >= 4 is 16.8 Å². The molecule has 1 radical (unpaired) electrons. The molecule has 2 rings (SSSR count). The SMILES string of the molecule is [CH]1CSC(c2cccnc2)=N1. The van der Waals surface area contributed by atoms with Crippen molar-refractivity contribution in [2.45, 2.75) is 0 Å². The summed E-state index contributed by atoms with van der Waals surface area (Å²) < 4.78 is 0. The lowest BCUT2D eigenvalue weighted by Crippen LogP contribution is -1.90. The molecule has 1 aromatic heterocycles. The van der Waals surface area contributed by atoms with Crippen LogP contribution < -0.4 is 0 Å². The van der Waals surface area contributed by atoms with Gasteiger partial charge in [0.05, 0.1) is 11.6 Å². The van der Waals surface area contributed by atoms with Crippen molar-refractivity contribution in [2.24, 2.45) is 4.99 Å². The van der Waals surface area contributed by atoms with Crippen molar-refractivity contribution in [3.63, 3.8) is 0 Å². The van der Waals surface area contributed by atoms with Crippen LogP contribution in [0.4, 0.5) is 0 Å². The predicted octanol–water partition coefficient (Wildman–Crippen LogP) is 1.74. The molecule has 0 atom stereocenters. The van der Waals surface area contributed by atoms with Crippen LogP contribution in [-0.2, 0) is 0 Å². The van der Waals surface area contributed by atoms with Gasteiger partial charge in [-0.25, -0.2) is 0 Å². The Balaban J connectivity index is 2.29. The number of pyridine rings is 1. The summed E-state index contributed by atoms with van der Waals surface area (Å²) in [6.45, 7) is 1.92. The van der Waals surface area contributed by atoms with Gasteiger partial charge in [0.1, 0.15) is 0 Å². The quantitative estimate of drug-likeness (QED) is 0.630. The molecule has 1 aromatic rings. The third-order valence-corrected chi connectivity index (χ3v) is 2.34. The Morgan fingerprint density at radius 3 is 3.09 bits per heavy atom. The lowest BCUT2D eigenvalue weighted by atomic mass is 10.3. The van der Waals surface area contributed by atoms with Crippen molar-refractivity contribution in [1.29, 1.82) is 0 Å². The predicted molar refractivity (Wildman–Crippen MR) is 47.5 cm³/mol. The van der Waals surface area contributed by atoms with Crippen LogP contribution >= 0.6 is 11.8 Å². The van der Waals surface area contributed by atoms with Crippen LogP contribution in [-0.4, -0.2) is 15.8 Å². The molecule has 2 heterocycles. The van der Waals surface area contributed by atoms with E-state index in [2.05, 4.69) is 9.98 Å². The third-order valence-electron chi connectivity index (χ3n) is 1.41. The van der Waals surface area contributed by atoms with Crippen LogP contribution in [0.15, 0.2) is 29.5 Å². The first kappa shape index (κ1) is 6.85. The van der Waals surface area contributed by atoms with E-state index in [1.807, 2.05) is 24.9 Å². The van der Waals surface area contributed by atoms with Gasteiger partial charge < -0.3 is 0 Å². The van der Waals surface area contributed by atoms with Gasteiger partial charge in [0.2, 0.25) is 0 Å². The molecule has 1 aliphatic rings. The lowest BCUT2D eigenvalue weighted by molar-refractivity contribution is 1.31. The minimum Gasteiger partial charge on any atom is -0.271 e. The van der Waals surface area contributed by atoms with Gasteiger partial charge in [-0.3, -0.25) is 9.98 Å². The molecule has 0 aliphatic carbocycles. The molecule has 0 N–H and O–H groups in total. The Morgan fingerprint density at radius 2 is 2.45 bits per heavy atom. The molecule has 0 spiro atoms. The Labute approximate surface area is 69.8 Å². The summed E-state index contributed by atoms with van der Waals surface area (Å²) in [7, 11) is 0. The minimum atomic E-state index is 0.990. The van der Waals surface area contributed by atoms with Crippen LogP contribution in [0.25, 0.3) is 0 Å². The molecule has 0 unspecified atom stereocenters. The molecule has 11 heavy (non-hydrogen) atoms. The van der Waals surface area contributed by atoms with Crippen molar-refractivity contribution in [2.75, 3.05) is 5.75 Å². The average molecular weight is 163 g/mol. The molecule has 0 saturated carbocycles. The van der Waals surface area contributed by atoms with Crippen molar-refractivity contribution < 1.29 is 0 Å². The fourth-order valence-corrected chi connectivity index (χ4v) is 1.66. The molecule has 1 aliphatic heterocycles. The first-order chi connectivity index (χ1) is 5.47. The van der Waals surface area contributed by atoms with Crippen LogP contribution in [0.1, 0.15) is 5.56 Å². The summed E-state index contributed by atoms with van der Waals surface area (Å²) in [6, 6.07) is 3.95. The van der Waals surface area contributed by atoms with E-state index in [4.69, 9.17) is 0 Å². The fourth-order valence-electron chi connectivity index (χ4n) is 0.921. The average Bonchev–Trinajstić information content (AvgIpc) is 2.58. The van der Waals surface area contributed by atoms with Gasteiger partial charge in [0, 0.05) is 23.7 Å². The van der Waals surface area contributed by atoms with E-state index in [1.54, 1.807) is 18.0 Å². The second-order valence-corrected chi connectivity index (χ2v) is 3.18. The minimum absolute atomic E-state index is 0.990. The Bertz CT molecular complexity index is 269. The van der Waals surface area contributed by atoms with E-state index in [9.17, 15) is 0 Å². The van der Waals surface area contributed by atoms with Gasteiger partial charge in [-0.05, 0) is 12.1 Å². The summed E-state index contributed by atoms with van der Waals surface area (Å²) in [4.78, 5) is 8.24. The zero-order valence-corrected chi connectivity index (χ0v) is 6.71. The highest BCUT2D eigenvalue weighted by Gasteiger charge is 2.08. The van der Waals surface area contributed by atoms with Crippen LogP contribution in [0.2, 0.25) is 0 Å². The molecule has 3 heteroatoms. The summed E-state index contributed by atoms with van der Waals surface area (Å²) in [5.74, 6) is 0.990. The molecule has 55 valence electrons. The molecule has 0 aromatic carbocycles. The van der Waals surface area contributed by atoms with Crippen molar-refractivity contribution in [1.82, 2.24) is 4.98 Å². The highest BCUT2D eigenvalue weighted by molar-refractivity contribution is 8.14. The monoisotopic (exact) mass is 163 g/mol. The van der Waals surface area contributed by atoms with Gasteiger partial charge >= 0.3 is 0 Å². The second-order valence-electron chi connectivity index (χ2n) is 2.17. The van der Waals surface area contributed by atoms with E-state index in [0.29, 0.717) is 0 Å². The summed E-state index contributed by atoms with van der Waals surface area (Å²) in [6.07, 6.45) is 3.61. The van der Waals surface area contributed by atoms with Gasteiger partial charge in [-0.2, -0.15) is 0 Å². The molecule has 0 bridgehead atoms. The van der Waals surface area contributed by atoms with Gasteiger partial charge in [-0.1, -0.05) is 0 Å². The zero-order chi connectivity index (χ0) is 7.52. The van der Waals surface area contributed by atoms with Crippen LogP contribution in [0.5, 0.6) is 0 Å². The maximum atomic E-state index is 4.22. The standard InChI is InChI=1S/C8H7N2S/c1-2-7(6-9-3-1)8-10-4-5-11-8/h1-4,6H,5H2. The summed E-state index contributed by atoms with van der Waals surface area (Å²) in [5, 5.41) is 1.08. The molecular weight excluding hydrogens is 156 g/mol. The third kappa shape index (κ3) is 1.43. The second kappa shape index (κ2) is 3.05. The Hall–Kier alpha value is -0.830. The van der Waals surface area contributed by atoms with Gasteiger partial charge in [-0.15, -0.1) is 11.8 Å². The zero-order valence-electron chi connectivity index (χ0n) is 5.90. The van der Waals surface area contributed by atoms with Gasteiger partial charge in [0.15, 0.2) is 0 Å². The highest BCUT2D eigenvalue weighted by atomic mass is 32.2. The van der Waals surface area contributed by atoms with E-state index < -0.39 is 0 Å². The topological polar surface area (TPSA) is 25.2 Å². The summed E-state index contributed by atoms with van der Waals surface area (Å²) >= 11 is 1.75. The largest absolute Gasteiger partial charge is 0.271 e. The lowest BCUT2D eigenvalue weighted by Gasteiger charge is -1.95. The maximum absolute atomic E-state index is 4.22. The van der Waals surface area contributed by atoms with Crippen LogP contribution in [0.3, 0.4) is 0 Å².